The van der Waals surface area contributed by atoms with Crippen molar-refractivity contribution in [3.8, 4) is 0 Å². The molecule has 0 saturated heterocycles. The molecule has 42 heavy (non-hydrogen) atoms. The van der Waals surface area contributed by atoms with Gasteiger partial charge in [0.2, 0.25) is 0 Å². The van der Waals surface area contributed by atoms with Crippen molar-refractivity contribution in [1.29, 1.82) is 0 Å². The zero-order chi connectivity index (χ0) is 31.6. The predicted octanol–water partition coefficient (Wildman–Crippen LogP) is 9.71. The molecule has 1 heterocycles. The van der Waals surface area contributed by atoms with Gasteiger partial charge < -0.3 is 9.53 Å². The van der Waals surface area contributed by atoms with Gasteiger partial charge >= 0.3 is 0 Å². The normalized spacial score (nSPS) is 20.1. The lowest BCUT2D eigenvalue weighted by atomic mass is 9.71. The standard InChI is InChI=1S/C35H53F2NO2Si2/c1-21(2)31-30(32(39)23-17-24(36)33(25(37)18-23)41(8,9)10)28(22-15-13-14-16-22)29-26(38-31)19-35(6,7)20-27(29)40-42(11,12)34(3,4)5/h15,17-18,21,27,32,39H,13-14,16,19-20H2,1-12H3/t27?,32-/m1/s1. The molecule has 1 unspecified atom stereocenters. The van der Waals surface area contributed by atoms with Crippen LogP contribution < -0.4 is 5.19 Å². The molecule has 1 aromatic heterocycles. The minimum absolute atomic E-state index is 0.00166. The van der Waals surface area contributed by atoms with Crippen molar-refractivity contribution in [2.75, 3.05) is 0 Å². The van der Waals surface area contributed by atoms with Gasteiger partial charge in [0.1, 0.15) is 17.7 Å². The molecule has 0 saturated carbocycles. The van der Waals surface area contributed by atoms with Crippen LogP contribution >= 0.6 is 0 Å². The van der Waals surface area contributed by atoms with E-state index >= 15 is 8.78 Å². The third-order valence-corrected chi connectivity index (χ3v) is 16.1. The summed E-state index contributed by atoms with van der Waals surface area (Å²) in [7, 11) is -4.44. The average molecular weight is 614 g/mol. The molecule has 2 aromatic rings. The maximum Gasteiger partial charge on any atom is 0.192 e. The molecule has 0 spiro atoms. The van der Waals surface area contributed by atoms with Crippen LogP contribution in [-0.2, 0) is 10.8 Å². The number of pyridine rings is 1. The minimum Gasteiger partial charge on any atom is -0.410 e. The van der Waals surface area contributed by atoms with Crippen LogP contribution in [0.15, 0.2) is 18.2 Å². The fourth-order valence-electron chi connectivity index (χ4n) is 6.52. The second-order valence-electron chi connectivity index (χ2n) is 16.3. The molecule has 0 fully saturated rings. The first-order valence-electron chi connectivity index (χ1n) is 15.8. The number of aliphatic hydroxyl groups excluding tert-OH is 1. The molecular weight excluding hydrogens is 561 g/mol. The van der Waals surface area contributed by atoms with E-state index in [2.05, 4.69) is 67.6 Å². The van der Waals surface area contributed by atoms with Crippen molar-refractivity contribution in [2.45, 2.75) is 136 Å². The van der Waals surface area contributed by atoms with Gasteiger partial charge in [0.25, 0.3) is 0 Å². The smallest absolute Gasteiger partial charge is 0.192 e. The fraction of sp³-hybridized carbons (Fsp3) is 0.629. The quantitative estimate of drug-likeness (QED) is 0.316. The Labute approximate surface area is 255 Å². The van der Waals surface area contributed by atoms with E-state index < -0.39 is 34.1 Å². The summed E-state index contributed by atoms with van der Waals surface area (Å²) in [6.45, 7) is 25.9. The van der Waals surface area contributed by atoms with Gasteiger partial charge in [0.05, 0.1) is 14.2 Å². The lowest BCUT2D eigenvalue weighted by Gasteiger charge is -2.45. The summed E-state index contributed by atoms with van der Waals surface area (Å²) in [5, 5.41) is 12.3. The molecule has 2 aliphatic rings. The van der Waals surface area contributed by atoms with E-state index in [0.29, 0.717) is 5.56 Å². The van der Waals surface area contributed by atoms with Crippen LogP contribution in [0, 0.1) is 17.0 Å². The SMILES string of the molecule is CC(C)c1nc2c(c(C3=CCCC3)c1[C@H](O)c1cc(F)c([Si](C)(C)C)c(F)c1)C(O[Si](C)(C)C(C)(C)C)CC(C)(C)C2. The van der Waals surface area contributed by atoms with Gasteiger partial charge in [-0.3, -0.25) is 4.98 Å². The van der Waals surface area contributed by atoms with E-state index in [-0.39, 0.29) is 33.2 Å². The zero-order valence-corrected chi connectivity index (χ0v) is 30.1. The Balaban J connectivity index is 2.03. The Kier molecular flexibility index (Phi) is 8.98. The molecule has 1 aromatic carbocycles. The van der Waals surface area contributed by atoms with Crippen molar-refractivity contribution in [3.05, 3.63) is 63.5 Å². The van der Waals surface area contributed by atoms with Crippen LogP contribution in [0.4, 0.5) is 8.78 Å². The first-order chi connectivity index (χ1) is 19.1. The number of benzene rings is 1. The van der Waals surface area contributed by atoms with Crippen molar-refractivity contribution < 1.29 is 18.3 Å². The Morgan fingerprint density at radius 2 is 1.64 bits per heavy atom. The Bertz CT molecular complexity index is 1360. The number of hydrogen-bond donors (Lipinski definition) is 1. The van der Waals surface area contributed by atoms with E-state index in [9.17, 15) is 5.11 Å². The minimum atomic E-state index is -2.27. The third-order valence-electron chi connectivity index (χ3n) is 9.64. The van der Waals surface area contributed by atoms with Gasteiger partial charge in [0.15, 0.2) is 8.32 Å². The molecule has 2 atom stereocenters. The lowest BCUT2D eigenvalue weighted by Crippen LogP contribution is -2.44. The summed E-state index contributed by atoms with van der Waals surface area (Å²) in [4.78, 5) is 5.30. The van der Waals surface area contributed by atoms with E-state index in [0.717, 1.165) is 54.6 Å². The molecule has 4 rings (SSSR count). The highest BCUT2D eigenvalue weighted by Gasteiger charge is 2.45. The monoisotopic (exact) mass is 613 g/mol. The van der Waals surface area contributed by atoms with Gasteiger partial charge in [-0.15, -0.1) is 0 Å². The van der Waals surface area contributed by atoms with E-state index in [1.54, 1.807) is 0 Å². The second kappa shape index (κ2) is 11.4. The first-order valence-corrected chi connectivity index (χ1v) is 22.2. The summed E-state index contributed by atoms with van der Waals surface area (Å²) in [5.41, 5.74) is 6.10. The maximum absolute atomic E-state index is 15.5. The molecule has 0 aliphatic heterocycles. The van der Waals surface area contributed by atoms with Crippen LogP contribution in [0.25, 0.3) is 5.57 Å². The summed E-state index contributed by atoms with van der Waals surface area (Å²) in [6.07, 6.45) is 5.53. The number of hydrogen-bond acceptors (Lipinski definition) is 3. The predicted molar refractivity (Wildman–Crippen MR) is 177 cm³/mol. The topological polar surface area (TPSA) is 42.4 Å². The number of aromatic nitrogens is 1. The van der Waals surface area contributed by atoms with Crippen molar-refractivity contribution in [3.63, 3.8) is 0 Å². The van der Waals surface area contributed by atoms with Gasteiger partial charge in [0, 0.05) is 27.7 Å². The Hall–Kier alpha value is -1.68. The van der Waals surface area contributed by atoms with Crippen molar-refractivity contribution in [1.82, 2.24) is 4.98 Å². The molecule has 7 heteroatoms. The molecule has 0 amide bonds. The van der Waals surface area contributed by atoms with Gasteiger partial charge in [-0.05, 0) is 90.4 Å². The fourth-order valence-corrected chi connectivity index (χ4v) is 9.37. The number of allylic oxidation sites excluding steroid dienone is 2. The number of fused-ring (bicyclic) bond motifs is 1. The number of nitrogens with zero attached hydrogens (tertiary/aromatic N) is 1. The number of aliphatic hydroxyl groups is 1. The lowest BCUT2D eigenvalue weighted by molar-refractivity contribution is 0.105. The van der Waals surface area contributed by atoms with Crippen molar-refractivity contribution >= 4 is 27.2 Å². The van der Waals surface area contributed by atoms with Crippen LogP contribution in [0.5, 0.6) is 0 Å². The molecule has 232 valence electrons. The largest absolute Gasteiger partial charge is 0.410 e. The maximum atomic E-state index is 15.5. The third kappa shape index (κ3) is 6.40. The highest BCUT2D eigenvalue weighted by Crippen LogP contribution is 2.52. The van der Waals surface area contributed by atoms with Crippen LogP contribution in [0.2, 0.25) is 37.8 Å². The van der Waals surface area contributed by atoms with E-state index in [1.807, 2.05) is 19.6 Å². The molecule has 2 aliphatic carbocycles. The molecule has 0 bridgehead atoms. The second-order valence-corrected chi connectivity index (χ2v) is 26.1. The summed E-state index contributed by atoms with van der Waals surface area (Å²) in [5.74, 6) is -1.12. The number of rotatable bonds is 7. The van der Waals surface area contributed by atoms with E-state index in [4.69, 9.17) is 9.41 Å². The summed E-state index contributed by atoms with van der Waals surface area (Å²) in [6, 6.07) is 2.70. The van der Waals surface area contributed by atoms with Crippen LogP contribution in [0.3, 0.4) is 0 Å². The summed E-state index contributed by atoms with van der Waals surface area (Å²) >= 11 is 0. The molecule has 0 radical (unpaired) electrons. The zero-order valence-electron chi connectivity index (χ0n) is 28.1. The van der Waals surface area contributed by atoms with Crippen LogP contribution in [-0.4, -0.2) is 26.5 Å². The highest BCUT2D eigenvalue weighted by molar-refractivity contribution is 6.88. The summed E-state index contributed by atoms with van der Waals surface area (Å²) < 4.78 is 38.2. The number of halogens is 2. The van der Waals surface area contributed by atoms with Crippen molar-refractivity contribution in [2.24, 2.45) is 5.41 Å². The van der Waals surface area contributed by atoms with Crippen LogP contribution in [0.1, 0.15) is 126 Å². The average Bonchev–Trinajstić information content (AvgIpc) is 3.34. The highest BCUT2D eigenvalue weighted by atomic mass is 28.4. The molecule has 1 N–H and O–H groups in total. The van der Waals surface area contributed by atoms with Gasteiger partial charge in [-0.25, -0.2) is 8.78 Å². The van der Waals surface area contributed by atoms with Gasteiger partial charge in [-0.2, -0.15) is 0 Å². The van der Waals surface area contributed by atoms with E-state index in [1.165, 1.54) is 17.7 Å². The Morgan fingerprint density at radius 1 is 1.05 bits per heavy atom. The van der Waals surface area contributed by atoms with Gasteiger partial charge in [-0.1, -0.05) is 74.2 Å². The molecule has 3 nitrogen and oxygen atoms in total. The molecular formula is C35H53F2NO2Si2. The Morgan fingerprint density at radius 3 is 2.12 bits per heavy atom. The first kappa shape index (κ1) is 33.2.